The minimum atomic E-state index is -0.758. The van der Waals surface area contributed by atoms with Crippen molar-refractivity contribution in [3.05, 3.63) is 35.4 Å². The van der Waals surface area contributed by atoms with E-state index in [1.165, 1.54) is 0 Å². The maximum absolute atomic E-state index is 10.8. The molecule has 134 valence electrons. The van der Waals surface area contributed by atoms with Crippen molar-refractivity contribution in [3.63, 3.8) is 0 Å². The number of likely N-dealkylation sites (tertiary alicyclic amines) is 1. The number of carbonyl (C=O) groups is 1. The Bertz CT molecular complexity index is 663. The molecule has 1 aromatic rings. The number of nitrogen functional groups attached to an aromatic ring is 1. The van der Waals surface area contributed by atoms with Gasteiger partial charge in [-0.05, 0) is 43.8 Å². The Morgan fingerprint density at radius 2 is 2.00 bits per heavy atom. The summed E-state index contributed by atoms with van der Waals surface area (Å²) in [5.74, 6) is -0.139. The van der Waals surface area contributed by atoms with Crippen LogP contribution in [0.2, 0.25) is 0 Å². The summed E-state index contributed by atoms with van der Waals surface area (Å²) < 4.78 is 0. The number of hydrogen-bond acceptors (Lipinski definition) is 5. The molecule has 2 aliphatic rings. The minimum Gasteiger partial charge on any atom is -0.480 e. The van der Waals surface area contributed by atoms with E-state index in [2.05, 4.69) is 5.16 Å². The summed E-state index contributed by atoms with van der Waals surface area (Å²) in [6.07, 6.45) is 3.86. The average molecular weight is 344 g/mol. The van der Waals surface area contributed by atoms with Crippen LogP contribution in [0.15, 0.2) is 29.4 Å². The monoisotopic (exact) mass is 344 g/mol. The molecule has 0 amide bonds. The topological polar surface area (TPSA) is 112 Å². The molecule has 25 heavy (non-hydrogen) atoms. The Labute approximate surface area is 147 Å². The number of piperidine rings is 1. The van der Waals surface area contributed by atoms with E-state index in [4.69, 9.17) is 21.1 Å². The molecular formula is C18H24N4O3. The smallest absolute Gasteiger partial charge is 0.317 e. The first-order valence-corrected chi connectivity index (χ1v) is 8.63. The average Bonchev–Trinajstić information content (AvgIpc) is 3.05. The highest BCUT2D eigenvalue weighted by atomic mass is 16.6. The maximum Gasteiger partial charge on any atom is 0.317 e. The molecule has 1 saturated heterocycles. The van der Waals surface area contributed by atoms with Crippen molar-refractivity contribution in [1.29, 1.82) is 5.41 Å². The molecule has 0 bridgehead atoms. The van der Waals surface area contributed by atoms with Crippen molar-refractivity contribution in [3.8, 4) is 0 Å². The Morgan fingerprint density at radius 1 is 1.32 bits per heavy atom. The standard InChI is InChI=1S/C18H24N4O3/c19-18(20)14-3-1-13(2-4-14)16-10-15(25-21-16)9-12-5-7-22(8-6-12)11-17(23)24/h1-4,12,15H,5-11H2,(H3,19,20)(H,23,24). The summed E-state index contributed by atoms with van der Waals surface area (Å²) in [5, 5.41) is 20.5. The number of oxime groups is 1. The molecule has 2 heterocycles. The van der Waals surface area contributed by atoms with Crippen molar-refractivity contribution in [2.45, 2.75) is 31.8 Å². The molecule has 1 unspecified atom stereocenters. The fourth-order valence-electron chi connectivity index (χ4n) is 3.51. The van der Waals surface area contributed by atoms with Crippen LogP contribution in [0.1, 0.15) is 36.8 Å². The highest BCUT2D eigenvalue weighted by molar-refractivity contribution is 6.02. The molecule has 0 radical (unpaired) electrons. The molecule has 1 aromatic carbocycles. The lowest BCUT2D eigenvalue weighted by Gasteiger charge is -2.31. The van der Waals surface area contributed by atoms with E-state index < -0.39 is 5.97 Å². The van der Waals surface area contributed by atoms with E-state index in [1.807, 2.05) is 29.2 Å². The van der Waals surface area contributed by atoms with Crippen molar-refractivity contribution < 1.29 is 14.7 Å². The number of carboxylic acids is 1. The van der Waals surface area contributed by atoms with Crippen LogP contribution in [-0.4, -0.2) is 53.3 Å². The zero-order chi connectivity index (χ0) is 17.8. The Hall–Kier alpha value is -2.41. The summed E-state index contributed by atoms with van der Waals surface area (Å²) >= 11 is 0. The van der Waals surface area contributed by atoms with Gasteiger partial charge in [0.2, 0.25) is 0 Å². The second-order valence-corrected chi connectivity index (χ2v) is 6.81. The molecule has 0 aromatic heterocycles. The van der Waals surface area contributed by atoms with Gasteiger partial charge in [0.05, 0.1) is 12.3 Å². The van der Waals surface area contributed by atoms with Crippen molar-refractivity contribution in [1.82, 2.24) is 4.90 Å². The van der Waals surface area contributed by atoms with E-state index >= 15 is 0 Å². The number of hydrogen-bond donors (Lipinski definition) is 3. The lowest BCUT2D eigenvalue weighted by Crippen LogP contribution is -2.38. The van der Waals surface area contributed by atoms with Crippen LogP contribution in [0.25, 0.3) is 0 Å². The number of nitrogens with zero attached hydrogens (tertiary/aromatic N) is 2. The second kappa shape index (κ2) is 7.65. The molecular weight excluding hydrogens is 320 g/mol. The molecule has 0 aliphatic carbocycles. The fourth-order valence-corrected chi connectivity index (χ4v) is 3.51. The summed E-state index contributed by atoms with van der Waals surface area (Å²) in [7, 11) is 0. The van der Waals surface area contributed by atoms with Gasteiger partial charge in [0, 0.05) is 12.0 Å². The van der Waals surface area contributed by atoms with E-state index in [0.29, 0.717) is 11.5 Å². The lowest BCUT2D eigenvalue weighted by atomic mass is 9.89. The van der Waals surface area contributed by atoms with Crippen molar-refractivity contribution in [2.24, 2.45) is 16.8 Å². The van der Waals surface area contributed by atoms with Gasteiger partial charge in [-0.15, -0.1) is 0 Å². The summed E-state index contributed by atoms with van der Waals surface area (Å²) in [5.41, 5.74) is 8.11. The van der Waals surface area contributed by atoms with Gasteiger partial charge in [0.25, 0.3) is 0 Å². The SMILES string of the molecule is N=C(N)c1ccc(C2=NOC(CC3CCN(CC(=O)O)CC3)C2)cc1. The van der Waals surface area contributed by atoms with Gasteiger partial charge in [-0.25, -0.2) is 0 Å². The van der Waals surface area contributed by atoms with Crippen LogP contribution in [0.5, 0.6) is 0 Å². The van der Waals surface area contributed by atoms with Gasteiger partial charge in [-0.1, -0.05) is 29.4 Å². The summed E-state index contributed by atoms with van der Waals surface area (Å²) in [6, 6.07) is 7.49. The van der Waals surface area contributed by atoms with E-state index in [0.717, 1.165) is 50.0 Å². The minimum absolute atomic E-state index is 0.0586. The van der Waals surface area contributed by atoms with Crippen molar-refractivity contribution >= 4 is 17.5 Å². The van der Waals surface area contributed by atoms with Gasteiger partial charge in [-0.3, -0.25) is 15.1 Å². The van der Waals surface area contributed by atoms with Crippen LogP contribution < -0.4 is 5.73 Å². The largest absolute Gasteiger partial charge is 0.480 e. The first kappa shape index (κ1) is 17.4. The lowest BCUT2D eigenvalue weighted by molar-refractivity contribution is -0.138. The van der Waals surface area contributed by atoms with Gasteiger partial charge < -0.3 is 15.7 Å². The van der Waals surface area contributed by atoms with Crippen LogP contribution in [0.3, 0.4) is 0 Å². The quantitative estimate of drug-likeness (QED) is 0.536. The predicted octanol–water partition coefficient (Wildman–Crippen LogP) is 1.65. The number of carboxylic acid groups (broad SMARTS) is 1. The number of benzene rings is 1. The molecule has 2 aliphatic heterocycles. The normalized spacial score (nSPS) is 21.6. The molecule has 0 spiro atoms. The van der Waals surface area contributed by atoms with E-state index in [1.54, 1.807) is 0 Å². The number of nitrogens with one attached hydrogen (secondary N) is 1. The number of rotatable bonds is 6. The van der Waals surface area contributed by atoms with Crippen LogP contribution >= 0.6 is 0 Å². The number of amidine groups is 1. The van der Waals surface area contributed by atoms with Crippen molar-refractivity contribution in [2.75, 3.05) is 19.6 Å². The molecule has 4 N–H and O–H groups in total. The third-order valence-electron chi connectivity index (χ3n) is 4.92. The summed E-state index contributed by atoms with van der Waals surface area (Å²) in [6.45, 7) is 1.81. The molecule has 0 saturated carbocycles. The number of aliphatic carboxylic acids is 1. The van der Waals surface area contributed by atoms with Gasteiger partial charge in [0.1, 0.15) is 11.9 Å². The van der Waals surface area contributed by atoms with E-state index in [9.17, 15) is 4.79 Å². The van der Waals surface area contributed by atoms with Crippen LogP contribution in [-0.2, 0) is 9.63 Å². The fraction of sp³-hybridized carbons (Fsp3) is 0.500. The molecule has 7 nitrogen and oxygen atoms in total. The highest BCUT2D eigenvalue weighted by Gasteiger charge is 2.28. The molecule has 3 rings (SSSR count). The molecule has 1 fully saturated rings. The van der Waals surface area contributed by atoms with Gasteiger partial charge >= 0.3 is 5.97 Å². The second-order valence-electron chi connectivity index (χ2n) is 6.81. The Morgan fingerprint density at radius 3 is 2.60 bits per heavy atom. The third kappa shape index (κ3) is 4.57. The Balaban J connectivity index is 1.47. The highest BCUT2D eigenvalue weighted by Crippen LogP contribution is 2.27. The zero-order valence-corrected chi connectivity index (χ0v) is 14.1. The maximum atomic E-state index is 10.8. The zero-order valence-electron chi connectivity index (χ0n) is 14.1. The number of nitrogens with two attached hydrogens (primary N) is 1. The van der Waals surface area contributed by atoms with Gasteiger partial charge in [0.15, 0.2) is 0 Å². The summed E-state index contributed by atoms with van der Waals surface area (Å²) in [4.78, 5) is 18.4. The third-order valence-corrected chi connectivity index (χ3v) is 4.92. The Kier molecular flexibility index (Phi) is 5.33. The molecule has 1 atom stereocenters. The van der Waals surface area contributed by atoms with E-state index in [-0.39, 0.29) is 18.5 Å². The van der Waals surface area contributed by atoms with Gasteiger partial charge in [-0.2, -0.15) is 0 Å². The predicted molar refractivity (Wildman–Crippen MR) is 94.9 cm³/mol. The van der Waals surface area contributed by atoms with Crippen LogP contribution in [0.4, 0.5) is 0 Å². The molecule has 7 heteroatoms. The van der Waals surface area contributed by atoms with Crippen LogP contribution in [0, 0.1) is 11.3 Å². The first-order valence-electron chi connectivity index (χ1n) is 8.63. The first-order chi connectivity index (χ1) is 12.0.